The Morgan fingerprint density at radius 3 is 2.22 bits per heavy atom. The molecule has 16 atom stereocenters. The quantitative estimate of drug-likeness (QED) is 0.153. The van der Waals surface area contributed by atoms with Crippen LogP contribution in [0.15, 0.2) is 0 Å². The minimum atomic E-state index is -2.48. The van der Waals surface area contributed by atoms with E-state index in [4.69, 9.17) is 35.2 Å². The summed E-state index contributed by atoms with van der Waals surface area (Å²) in [6.07, 6.45) is -17.7. The van der Waals surface area contributed by atoms with Gasteiger partial charge in [-0.15, -0.1) is 0 Å². The van der Waals surface area contributed by atoms with Gasteiger partial charge in [0.15, 0.2) is 12.4 Å². The largest absolute Gasteiger partial charge is 0.395 e. The van der Waals surface area contributed by atoms with Crippen molar-refractivity contribution in [2.75, 3.05) is 20.3 Å². The van der Waals surface area contributed by atoms with E-state index in [2.05, 4.69) is 5.32 Å². The molecule has 0 amide bonds. The summed E-state index contributed by atoms with van der Waals surface area (Å²) >= 11 is 0. The third kappa shape index (κ3) is 4.68. The van der Waals surface area contributed by atoms with Crippen LogP contribution >= 0.6 is 0 Å². The van der Waals surface area contributed by atoms with Crippen LogP contribution in [0.4, 0.5) is 0 Å². The van der Waals surface area contributed by atoms with Crippen LogP contribution < -0.4 is 16.8 Å². The highest BCUT2D eigenvalue weighted by Gasteiger charge is 2.67. The van der Waals surface area contributed by atoms with Gasteiger partial charge in [-0.2, -0.15) is 0 Å². The number of likely N-dealkylation sites (N-methyl/N-ethyl adjacent to an activating group) is 1. The second-order valence-electron chi connectivity index (χ2n) is 9.72. The van der Waals surface area contributed by atoms with Gasteiger partial charge in [0.1, 0.15) is 48.8 Å². The molecule has 16 heteroatoms. The molecular weight excluding hydrogens is 490 g/mol. The molecule has 0 aromatic carbocycles. The van der Waals surface area contributed by atoms with E-state index >= 15 is 0 Å². The maximum atomic E-state index is 10.7. The molecular formula is C20H37N3O13. The molecule has 0 unspecified atom stereocenters. The van der Waals surface area contributed by atoms with Crippen LogP contribution in [0.25, 0.3) is 0 Å². The van der Waals surface area contributed by atoms with Crippen molar-refractivity contribution < 1.29 is 64.5 Å². The lowest BCUT2D eigenvalue weighted by Crippen LogP contribution is -2.69. The summed E-state index contributed by atoms with van der Waals surface area (Å²) in [7, 11) is 1.60. The Labute approximate surface area is 206 Å². The summed E-state index contributed by atoms with van der Waals surface area (Å²) in [5, 5.41) is 85.6. The first-order chi connectivity index (χ1) is 17.0. The normalized spacial score (nSPS) is 54.4. The Morgan fingerprint density at radius 1 is 0.944 bits per heavy atom. The van der Waals surface area contributed by atoms with Crippen molar-refractivity contribution in [3.05, 3.63) is 0 Å². The van der Waals surface area contributed by atoms with E-state index in [0.29, 0.717) is 0 Å². The van der Waals surface area contributed by atoms with Crippen LogP contribution in [-0.2, 0) is 23.7 Å². The highest BCUT2D eigenvalue weighted by molar-refractivity contribution is 5.05. The fraction of sp³-hybridized carbons (Fsp3) is 1.00. The molecule has 4 rings (SSSR count). The Hall–Kier alpha value is -0.640. The summed E-state index contributed by atoms with van der Waals surface area (Å²) in [5.74, 6) is -2.48. The molecule has 210 valence electrons. The second kappa shape index (κ2) is 10.9. The zero-order valence-electron chi connectivity index (χ0n) is 19.6. The second-order valence-corrected chi connectivity index (χ2v) is 9.72. The van der Waals surface area contributed by atoms with Crippen LogP contribution in [0.3, 0.4) is 0 Å². The van der Waals surface area contributed by atoms with Gasteiger partial charge in [-0.25, -0.2) is 0 Å². The molecule has 0 aromatic heterocycles. The van der Waals surface area contributed by atoms with E-state index < -0.39 is 111 Å². The van der Waals surface area contributed by atoms with Crippen LogP contribution in [0.1, 0.15) is 6.42 Å². The predicted molar refractivity (Wildman–Crippen MR) is 115 cm³/mol. The Morgan fingerprint density at radius 2 is 1.61 bits per heavy atom. The van der Waals surface area contributed by atoms with Gasteiger partial charge in [0.25, 0.3) is 0 Å². The van der Waals surface area contributed by atoms with Crippen molar-refractivity contribution in [2.45, 2.75) is 104 Å². The van der Waals surface area contributed by atoms with E-state index in [1.165, 1.54) is 0 Å². The molecule has 36 heavy (non-hydrogen) atoms. The third-order valence-corrected chi connectivity index (χ3v) is 7.42. The Balaban J connectivity index is 1.62. The summed E-state index contributed by atoms with van der Waals surface area (Å²) < 4.78 is 28.7. The molecule has 1 spiro atoms. The van der Waals surface area contributed by atoms with Gasteiger partial charge < -0.3 is 81.3 Å². The lowest BCUT2D eigenvalue weighted by Gasteiger charge is -2.46. The number of hydrogen-bond donors (Lipinski definition) is 11. The lowest BCUT2D eigenvalue weighted by atomic mass is 9.84. The van der Waals surface area contributed by atoms with Crippen molar-refractivity contribution in [2.24, 2.45) is 11.5 Å². The Kier molecular flexibility index (Phi) is 8.55. The van der Waals surface area contributed by atoms with Gasteiger partial charge in [0.05, 0.1) is 31.5 Å². The minimum Gasteiger partial charge on any atom is -0.395 e. The molecule has 13 N–H and O–H groups in total. The maximum absolute atomic E-state index is 10.7. The average Bonchev–Trinajstić information content (AvgIpc) is 3.27. The van der Waals surface area contributed by atoms with Crippen molar-refractivity contribution in [3.63, 3.8) is 0 Å². The third-order valence-electron chi connectivity index (χ3n) is 7.42. The molecule has 3 heterocycles. The first-order valence-electron chi connectivity index (χ1n) is 11.8. The fourth-order valence-corrected chi connectivity index (χ4v) is 5.23. The van der Waals surface area contributed by atoms with Gasteiger partial charge in [0, 0.05) is 12.1 Å². The van der Waals surface area contributed by atoms with Gasteiger partial charge in [-0.05, 0) is 13.5 Å². The Bertz CT molecular complexity index is 756. The van der Waals surface area contributed by atoms with Crippen LogP contribution in [-0.4, -0.2) is 159 Å². The minimum absolute atomic E-state index is 0.254. The molecule has 16 nitrogen and oxygen atoms in total. The lowest BCUT2D eigenvalue weighted by molar-refractivity contribution is -0.439. The first-order valence-corrected chi connectivity index (χ1v) is 11.8. The number of rotatable bonds is 6. The van der Waals surface area contributed by atoms with Gasteiger partial charge in [0.2, 0.25) is 0 Å². The molecule has 3 saturated heterocycles. The molecule has 0 aromatic rings. The van der Waals surface area contributed by atoms with Crippen molar-refractivity contribution >= 4 is 0 Å². The number of nitrogens with one attached hydrogen (secondary N) is 1. The molecule has 0 bridgehead atoms. The van der Waals surface area contributed by atoms with Crippen LogP contribution in [0.5, 0.6) is 0 Å². The standard InChI is InChI=1S/C20H37N3O13/c1-23-7-2-5(21)9(26)15(10(7)27)33-19-17-16(11(28)8(4-25)32-19)35-20(36-17)18(31)13(30)12(29)14(34-20)6(22)3-24/h5-19,23-31H,2-4,21-22H2,1H3/t5-,6-,7+,8-,9+,10-,11+,12-,13+,14-,15-,16-,17+,18-,19+,20+/m1/s1. The summed E-state index contributed by atoms with van der Waals surface area (Å²) in [5.41, 5.74) is 11.8. The first kappa shape index (κ1) is 28.4. The van der Waals surface area contributed by atoms with Gasteiger partial charge in [-0.1, -0.05) is 0 Å². The smallest absolute Gasteiger partial charge is 0.314 e. The monoisotopic (exact) mass is 527 g/mol. The van der Waals surface area contributed by atoms with Gasteiger partial charge in [-0.3, -0.25) is 0 Å². The SMILES string of the molecule is CN[C@H]1C[C@@H](N)[C@H](O)[C@@H](O[C@@H]2O[C@H](CO)[C@H](O)[C@H]3O[C@@]4(O[C@H]23)O[C@H]([C@H](N)CO)[C@H](O)[C@H](O)[C@H]4O)[C@@H]1O. The van der Waals surface area contributed by atoms with Crippen LogP contribution in [0.2, 0.25) is 0 Å². The fourth-order valence-electron chi connectivity index (χ4n) is 5.23. The molecule has 1 aliphatic carbocycles. The topological polar surface area (TPSA) is 272 Å². The van der Waals surface area contributed by atoms with E-state index in [9.17, 15) is 40.9 Å². The van der Waals surface area contributed by atoms with Crippen molar-refractivity contribution in [3.8, 4) is 0 Å². The number of aliphatic hydroxyl groups excluding tert-OH is 8. The van der Waals surface area contributed by atoms with Crippen molar-refractivity contribution in [1.29, 1.82) is 0 Å². The van der Waals surface area contributed by atoms with Crippen molar-refractivity contribution in [1.82, 2.24) is 5.32 Å². The van der Waals surface area contributed by atoms with E-state index in [1.807, 2.05) is 0 Å². The maximum Gasteiger partial charge on any atom is 0.314 e. The number of ether oxygens (including phenoxy) is 5. The molecule has 0 radical (unpaired) electrons. The zero-order valence-corrected chi connectivity index (χ0v) is 19.6. The average molecular weight is 528 g/mol. The molecule has 4 fully saturated rings. The molecule has 4 aliphatic rings. The van der Waals surface area contributed by atoms with E-state index in [1.54, 1.807) is 7.05 Å². The zero-order chi connectivity index (χ0) is 26.5. The number of nitrogens with two attached hydrogens (primary N) is 2. The van der Waals surface area contributed by atoms with Crippen LogP contribution in [0, 0.1) is 0 Å². The number of fused-ring (bicyclic) bond motifs is 1. The van der Waals surface area contributed by atoms with Gasteiger partial charge >= 0.3 is 5.97 Å². The highest BCUT2D eigenvalue weighted by Crippen LogP contribution is 2.45. The summed E-state index contributed by atoms with van der Waals surface area (Å²) in [6.45, 7) is -1.33. The molecule has 3 aliphatic heterocycles. The van der Waals surface area contributed by atoms with E-state index in [-0.39, 0.29) is 6.42 Å². The van der Waals surface area contributed by atoms with E-state index in [0.717, 1.165) is 0 Å². The molecule has 1 saturated carbocycles. The number of hydrogen-bond acceptors (Lipinski definition) is 16. The predicted octanol–water partition coefficient (Wildman–Crippen LogP) is -7.27. The summed E-state index contributed by atoms with van der Waals surface area (Å²) in [4.78, 5) is 0. The number of aliphatic hydroxyl groups is 8. The highest BCUT2D eigenvalue weighted by atomic mass is 16.9. The summed E-state index contributed by atoms with van der Waals surface area (Å²) in [6, 6.07) is -2.50.